The van der Waals surface area contributed by atoms with Crippen LogP contribution in [-0.2, 0) is 9.63 Å². The summed E-state index contributed by atoms with van der Waals surface area (Å²) in [5.74, 6) is 3.10. The highest BCUT2D eigenvalue weighted by atomic mass is 16.7. The SMILES string of the molecule is CC[C@H]1[C@@H](O)[C@@H]2[C@H](CC[C@]3(C)[C@@H]([C@H](C)CC(=O)N(C)OC)CC[C@@H]23)[C@@]2(C)CC[C@@H](O)C[C@@H]12. The molecule has 2 N–H and O–H groups in total. The van der Waals surface area contributed by atoms with Crippen LogP contribution in [0.2, 0.25) is 0 Å². The van der Waals surface area contributed by atoms with Crippen LogP contribution in [0.1, 0.15) is 85.5 Å². The van der Waals surface area contributed by atoms with Gasteiger partial charge in [-0.25, -0.2) is 5.06 Å². The number of fused-ring (bicyclic) bond motifs is 5. The number of aliphatic hydroxyl groups is 2. The fourth-order valence-corrected chi connectivity index (χ4v) is 9.58. The first-order valence-corrected chi connectivity index (χ1v) is 13.2. The van der Waals surface area contributed by atoms with Gasteiger partial charge in [0.1, 0.15) is 0 Å². The molecule has 4 rings (SSSR count). The van der Waals surface area contributed by atoms with Gasteiger partial charge in [-0.05, 0) is 97.2 Å². The molecule has 0 radical (unpaired) electrons. The summed E-state index contributed by atoms with van der Waals surface area (Å²) in [5, 5.41) is 23.6. The summed E-state index contributed by atoms with van der Waals surface area (Å²) >= 11 is 0. The van der Waals surface area contributed by atoms with Crippen LogP contribution in [0.3, 0.4) is 0 Å². The van der Waals surface area contributed by atoms with Crippen LogP contribution < -0.4 is 0 Å². The maximum absolute atomic E-state index is 12.5. The molecule has 0 spiro atoms. The van der Waals surface area contributed by atoms with E-state index >= 15 is 0 Å². The third kappa shape index (κ3) is 3.65. The molecule has 0 heterocycles. The number of hydrogen-bond acceptors (Lipinski definition) is 4. The number of carbonyl (C=O) groups is 1. The van der Waals surface area contributed by atoms with Crippen molar-refractivity contribution in [3.63, 3.8) is 0 Å². The van der Waals surface area contributed by atoms with Crippen LogP contribution in [-0.4, -0.2) is 47.5 Å². The van der Waals surface area contributed by atoms with Gasteiger partial charge in [0.15, 0.2) is 0 Å². The Hall–Kier alpha value is -0.650. The van der Waals surface area contributed by atoms with Crippen molar-refractivity contribution in [3.8, 4) is 0 Å². The maximum atomic E-state index is 12.5. The minimum Gasteiger partial charge on any atom is -0.393 e. The Labute approximate surface area is 195 Å². The molecule has 5 heteroatoms. The molecular formula is C27H47NO4. The normalized spacial score (nSPS) is 49.0. The minimum atomic E-state index is -0.256. The van der Waals surface area contributed by atoms with Crippen LogP contribution in [0.4, 0.5) is 0 Å². The van der Waals surface area contributed by atoms with Gasteiger partial charge in [0, 0.05) is 13.5 Å². The number of hydroxylamine groups is 2. The highest BCUT2D eigenvalue weighted by molar-refractivity contribution is 5.75. The van der Waals surface area contributed by atoms with Gasteiger partial charge in [0.2, 0.25) is 5.91 Å². The van der Waals surface area contributed by atoms with E-state index in [2.05, 4.69) is 27.7 Å². The van der Waals surface area contributed by atoms with Crippen molar-refractivity contribution in [2.45, 2.75) is 97.7 Å². The summed E-state index contributed by atoms with van der Waals surface area (Å²) in [7, 11) is 3.24. The van der Waals surface area contributed by atoms with Crippen molar-refractivity contribution in [1.29, 1.82) is 0 Å². The van der Waals surface area contributed by atoms with E-state index in [-0.39, 0.29) is 28.9 Å². The predicted octanol–water partition coefficient (Wildman–Crippen LogP) is 4.66. The van der Waals surface area contributed by atoms with Gasteiger partial charge >= 0.3 is 0 Å². The zero-order chi connectivity index (χ0) is 23.4. The lowest BCUT2D eigenvalue weighted by Crippen LogP contribution is -2.62. The van der Waals surface area contributed by atoms with E-state index in [1.807, 2.05) is 0 Å². The van der Waals surface area contributed by atoms with Crippen molar-refractivity contribution in [2.24, 2.45) is 52.3 Å². The average molecular weight is 450 g/mol. The molecule has 0 bridgehead atoms. The Bertz CT molecular complexity index is 699. The third-order valence-electron chi connectivity index (χ3n) is 11.3. The molecule has 4 fully saturated rings. The fraction of sp³-hybridized carbons (Fsp3) is 0.963. The standard InChI is InChI=1S/C27H47NO4/c1-7-18-22-15-17(29)10-12-27(22,4)21-11-13-26(3)19(8-9-20(26)24(21)25(18)31)16(2)14-23(30)28(5)32-6/h16-22,24-25,29,31H,7-15H2,1-6H3/t16-,17-,18-,19-,20+,21+,22+,24+,25-,26-,27-/m1/s1. The largest absolute Gasteiger partial charge is 0.393 e. The van der Waals surface area contributed by atoms with E-state index < -0.39 is 0 Å². The number of hydrogen-bond donors (Lipinski definition) is 2. The van der Waals surface area contributed by atoms with Crippen molar-refractivity contribution in [3.05, 3.63) is 0 Å². The first-order chi connectivity index (χ1) is 15.1. The van der Waals surface area contributed by atoms with Crippen molar-refractivity contribution in [2.75, 3.05) is 14.2 Å². The molecule has 4 saturated carbocycles. The molecule has 0 aromatic rings. The summed E-state index contributed by atoms with van der Waals surface area (Å²) in [4.78, 5) is 17.7. The molecule has 0 saturated heterocycles. The van der Waals surface area contributed by atoms with Gasteiger partial charge < -0.3 is 10.2 Å². The molecule has 0 aliphatic heterocycles. The number of nitrogens with zero attached hydrogens (tertiary/aromatic N) is 1. The fourth-order valence-electron chi connectivity index (χ4n) is 9.58. The second-order valence-electron chi connectivity index (χ2n) is 12.4. The van der Waals surface area contributed by atoms with E-state index in [0.717, 1.165) is 32.1 Å². The zero-order valence-corrected chi connectivity index (χ0v) is 21.2. The van der Waals surface area contributed by atoms with Gasteiger partial charge in [0.25, 0.3) is 0 Å². The van der Waals surface area contributed by atoms with E-state index in [1.165, 1.54) is 24.3 Å². The predicted molar refractivity (Wildman–Crippen MR) is 125 cm³/mol. The quantitative estimate of drug-likeness (QED) is 0.599. The van der Waals surface area contributed by atoms with Gasteiger partial charge in [0.05, 0.1) is 19.3 Å². The monoisotopic (exact) mass is 449 g/mol. The number of rotatable bonds is 5. The molecule has 11 atom stereocenters. The number of amides is 1. The Morgan fingerprint density at radius 3 is 2.38 bits per heavy atom. The molecule has 0 aromatic carbocycles. The zero-order valence-electron chi connectivity index (χ0n) is 21.2. The third-order valence-corrected chi connectivity index (χ3v) is 11.3. The summed E-state index contributed by atoms with van der Waals surface area (Å²) < 4.78 is 0. The van der Waals surface area contributed by atoms with Gasteiger partial charge in [-0.2, -0.15) is 0 Å². The summed E-state index contributed by atoms with van der Waals surface area (Å²) in [5.41, 5.74) is 0.440. The van der Waals surface area contributed by atoms with Crippen LogP contribution in [0.25, 0.3) is 0 Å². The molecule has 4 aliphatic rings. The van der Waals surface area contributed by atoms with Crippen LogP contribution in [0.5, 0.6) is 0 Å². The van der Waals surface area contributed by atoms with Crippen LogP contribution in [0.15, 0.2) is 0 Å². The number of carbonyl (C=O) groups excluding carboxylic acids is 1. The first kappa shape index (κ1) is 24.5. The lowest BCUT2D eigenvalue weighted by Gasteiger charge is -2.64. The molecule has 32 heavy (non-hydrogen) atoms. The topological polar surface area (TPSA) is 70.0 Å². The van der Waals surface area contributed by atoms with Crippen LogP contribution >= 0.6 is 0 Å². The van der Waals surface area contributed by atoms with E-state index in [4.69, 9.17) is 4.84 Å². The molecule has 5 nitrogen and oxygen atoms in total. The molecule has 1 amide bonds. The number of aliphatic hydroxyl groups excluding tert-OH is 2. The molecule has 0 aromatic heterocycles. The smallest absolute Gasteiger partial charge is 0.246 e. The van der Waals surface area contributed by atoms with Crippen molar-refractivity contribution >= 4 is 5.91 Å². The first-order valence-electron chi connectivity index (χ1n) is 13.2. The van der Waals surface area contributed by atoms with Gasteiger partial charge in [-0.1, -0.05) is 34.1 Å². The summed E-state index contributed by atoms with van der Waals surface area (Å²) in [6.07, 6.45) is 8.69. The second-order valence-corrected chi connectivity index (χ2v) is 12.4. The summed E-state index contributed by atoms with van der Waals surface area (Å²) in [6.45, 7) is 9.44. The second kappa shape index (κ2) is 8.85. The van der Waals surface area contributed by atoms with E-state index in [1.54, 1.807) is 14.2 Å². The van der Waals surface area contributed by atoms with Gasteiger partial charge in [-0.3, -0.25) is 9.63 Å². The molecule has 4 aliphatic carbocycles. The Morgan fingerprint density at radius 1 is 1.06 bits per heavy atom. The van der Waals surface area contributed by atoms with E-state index in [9.17, 15) is 15.0 Å². The highest BCUT2D eigenvalue weighted by Crippen LogP contribution is 2.69. The Morgan fingerprint density at radius 2 is 1.72 bits per heavy atom. The van der Waals surface area contributed by atoms with Crippen molar-refractivity contribution < 1.29 is 19.8 Å². The van der Waals surface area contributed by atoms with Crippen LogP contribution in [0, 0.1) is 52.3 Å². The van der Waals surface area contributed by atoms with Crippen molar-refractivity contribution in [1.82, 2.24) is 5.06 Å². The average Bonchev–Trinajstić information content (AvgIpc) is 3.11. The Kier molecular flexibility index (Phi) is 6.77. The molecule has 184 valence electrons. The lowest BCUT2D eigenvalue weighted by atomic mass is 9.41. The van der Waals surface area contributed by atoms with Gasteiger partial charge in [-0.15, -0.1) is 0 Å². The molecular weight excluding hydrogens is 402 g/mol. The molecule has 0 unspecified atom stereocenters. The lowest BCUT2D eigenvalue weighted by molar-refractivity contribution is -0.203. The maximum Gasteiger partial charge on any atom is 0.246 e. The van der Waals surface area contributed by atoms with E-state index in [0.29, 0.717) is 47.8 Å². The summed E-state index contributed by atoms with van der Waals surface area (Å²) in [6, 6.07) is 0. The minimum absolute atomic E-state index is 0.0561. The highest BCUT2D eigenvalue weighted by Gasteiger charge is 2.64. The Balaban J connectivity index is 1.59.